The van der Waals surface area contributed by atoms with Gasteiger partial charge in [-0.15, -0.1) is 0 Å². The van der Waals surface area contributed by atoms with Crippen molar-refractivity contribution in [3.63, 3.8) is 0 Å². The van der Waals surface area contributed by atoms with E-state index < -0.39 is 11.7 Å². The van der Waals surface area contributed by atoms with Crippen molar-refractivity contribution >= 4 is 39.5 Å². The maximum atomic E-state index is 12.6. The molecule has 2 aliphatic heterocycles. The fraction of sp³-hybridized carbons (Fsp3) is 0.429. The zero-order valence-corrected chi connectivity index (χ0v) is 13.1. The van der Waals surface area contributed by atoms with Gasteiger partial charge in [-0.3, -0.25) is 9.79 Å². The third-order valence-electron chi connectivity index (χ3n) is 3.46. The monoisotopic (exact) mass is 346 g/mol. The molecule has 0 spiro atoms. The molecule has 118 valence electrons. The minimum absolute atomic E-state index is 0.0556. The van der Waals surface area contributed by atoms with E-state index in [1.807, 2.05) is 0 Å². The molecule has 1 atom stereocenters. The highest BCUT2D eigenvalue weighted by Gasteiger charge is 2.35. The summed E-state index contributed by atoms with van der Waals surface area (Å²) < 4.78 is 38.6. The molecule has 3 nitrogen and oxygen atoms in total. The first kappa shape index (κ1) is 15.7. The van der Waals surface area contributed by atoms with Crippen LogP contribution in [0.2, 0.25) is 0 Å². The number of nitrogens with zero attached hydrogens (tertiary/aromatic N) is 2. The van der Waals surface area contributed by atoms with Crippen LogP contribution in [-0.4, -0.2) is 34.4 Å². The number of aliphatic imine (C=N–C) groups is 1. The molecule has 1 amide bonds. The van der Waals surface area contributed by atoms with Crippen LogP contribution in [0.4, 0.5) is 18.9 Å². The van der Waals surface area contributed by atoms with Gasteiger partial charge in [-0.25, -0.2) is 0 Å². The van der Waals surface area contributed by atoms with Gasteiger partial charge in [0.25, 0.3) is 0 Å². The third kappa shape index (κ3) is 3.27. The van der Waals surface area contributed by atoms with Gasteiger partial charge in [-0.1, -0.05) is 23.5 Å². The van der Waals surface area contributed by atoms with Crippen molar-refractivity contribution in [2.45, 2.75) is 17.8 Å². The average Bonchev–Trinajstić information content (AvgIpc) is 3.10. The molecule has 2 heterocycles. The molecule has 8 heteroatoms. The molecule has 1 saturated heterocycles. The first-order valence-electron chi connectivity index (χ1n) is 6.78. The molecule has 0 aliphatic carbocycles. The Morgan fingerprint density at radius 1 is 1.27 bits per heavy atom. The van der Waals surface area contributed by atoms with Crippen molar-refractivity contribution in [2.24, 2.45) is 4.99 Å². The number of amides is 1. The van der Waals surface area contributed by atoms with E-state index in [0.717, 1.165) is 28.8 Å². The summed E-state index contributed by atoms with van der Waals surface area (Å²) in [6.45, 7) is 1.32. The molecule has 0 radical (unpaired) electrons. The predicted molar refractivity (Wildman–Crippen MR) is 84.6 cm³/mol. The summed E-state index contributed by atoms with van der Waals surface area (Å²) in [6, 6.07) is 4.74. The molecule has 0 saturated carbocycles. The first-order chi connectivity index (χ1) is 10.4. The molecule has 0 aromatic heterocycles. The molecule has 3 rings (SSSR count). The fourth-order valence-corrected chi connectivity index (χ4v) is 4.63. The summed E-state index contributed by atoms with van der Waals surface area (Å²) in [7, 11) is 0. The van der Waals surface area contributed by atoms with Crippen LogP contribution in [0.15, 0.2) is 29.3 Å². The molecule has 1 aromatic carbocycles. The first-order valence-corrected chi connectivity index (χ1v) is 8.64. The van der Waals surface area contributed by atoms with E-state index >= 15 is 0 Å². The lowest BCUT2D eigenvalue weighted by Crippen LogP contribution is -2.28. The second kappa shape index (κ2) is 6.16. The van der Waals surface area contributed by atoms with Gasteiger partial charge in [0.05, 0.1) is 17.4 Å². The van der Waals surface area contributed by atoms with Crippen LogP contribution in [-0.2, 0) is 11.0 Å². The summed E-state index contributed by atoms with van der Waals surface area (Å²) in [5, 5.41) is -0.188. The average molecular weight is 346 g/mol. The van der Waals surface area contributed by atoms with E-state index in [0.29, 0.717) is 18.7 Å². The van der Waals surface area contributed by atoms with Crippen LogP contribution in [0.1, 0.15) is 12.0 Å². The molecule has 0 N–H and O–H groups in total. The van der Waals surface area contributed by atoms with Crippen molar-refractivity contribution in [2.75, 3.05) is 23.7 Å². The third-order valence-corrected chi connectivity index (χ3v) is 5.92. The standard InChI is InChI=1S/C14H13F3N2OS2/c15-14(16,17)9-1-3-10(4-2-9)19-7-5-11(12(19)20)22-13-18-6-8-21-13/h1-4,11H,5-8H2/t11-/m0/s1. The maximum absolute atomic E-state index is 12.6. The molecule has 1 fully saturated rings. The molecule has 1 aromatic rings. The topological polar surface area (TPSA) is 32.7 Å². The van der Waals surface area contributed by atoms with Gasteiger partial charge in [0, 0.05) is 18.0 Å². The zero-order chi connectivity index (χ0) is 15.7. The Morgan fingerprint density at radius 3 is 2.59 bits per heavy atom. The Labute approximate surface area is 134 Å². The van der Waals surface area contributed by atoms with Gasteiger partial charge in [0.2, 0.25) is 5.91 Å². The number of carbonyl (C=O) groups is 1. The van der Waals surface area contributed by atoms with Crippen molar-refractivity contribution in [3.05, 3.63) is 29.8 Å². The van der Waals surface area contributed by atoms with E-state index in [4.69, 9.17) is 0 Å². The molecule has 22 heavy (non-hydrogen) atoms. The Hall–Kier alpha value is -1.15. The maximum Gasteiger partial charge on any atom is 0.416 e. The molecule has 0 bridgehead atoms. The van der Waals surface area contributed by atoms with Crippen molar-refractivity contribution in [1.82, 2.24) is 0 Å². The van der Waals surface area contributed by atoms with Crippen molar-refractivity contribution in [3.8, 4) is 0 Å². The van der Waals surface area contributed by atoms with Gasteiger partial charge >= 0.3 is 6.18 Å². The predicted octanol–water partition coefficient (Wildman–Crippen LogP) is 3.65. The highest BCUT2D eigenvalue weighted by Crippen LogP contribution is 2.35. The Bertz CT molecular complexity index is 601. The van der Waals surface area contributed by atoms with Gasteiger partial charge in [0.15, 0.2) is 0 Å². The largest absolute Gasteiger partial charge is 0.416 e. The molecular weight excluding hydrogens is 333 g/mol. The van der Waals surface area contributed by atoms with Crippen LogP contribution >= 0.6 is 23.5 Å². The number of halogens is 3. The molecular formula is C14H13F3N2OS2. The fourth-order valence-electron chi connectivity index (χ4n) is 2.36. The van der Waals surface area contributed by atoms with E-state index in [9.17, 15) is 18.0 Å². The summed E-state index contributed by atoms with van der Waals surface area (Å²) >= 11 is 3.12. The van der Waals surface area contributed by atoms with Crippen LogP contribution < -0.4 is 4.90 Å². The van der Waals surface area contributed by atoms with Crippen LogP contribution in [0, 0.1) is 0 Å². The second-order valence-electron chi connectivity index (χ2n) is 4.93. The lowest BCUT2D eigenvalue weighted by atomic mass is 10.2. The number of anilines is 1. The molecule has 2 aliphatic rings. The summed E-state index contributed by atoms with van der Waals surface area (Å²) in [5.74, 6) is 0.895. The second-order valence-corrected chi connectivity index (χ2v) is 7.46. The number of benzene rings is 1. The highest BCUT2D eigenvalue weighted by atomic mass is 32.2. The smallest absolute Gasteiger partial charge is 0.311 e. The van der Waals surface area contributed by atoms with Crippen LogP contribution in [0.3, 0.4) is 0 Å². The van der Waals surface area contributed by atoms with Gasteiger partial charge < -0.3 is 4.90 Å². The van der Waals surface area contributed by atoms with E-state index in [2.05, 4.69) is 4.99 Å². The Morgan fingerprint density at radius 2 is 2.00 bits per heavy atom. The number of alkyl halides is 3. The number of hydrogen-bond donors (Lipinski definition) is 0. The van der Waals surface area contributed by atoms with Gasteiger partial charge in [-0.05, 0) is 30.7 Å². The minimum atomic E-state index is -4.36. The van der Waals surface area contributed by atoms with Crippen molar-refractivity contribution < 1.29 is 18.0 Å². The van der Waals surface area contributed by atoms with Gasteiger partial charge in [-0.2, -0.15) is 13.2 Å². The van der Waals surface area contributed by atoms with Gasteiger partial charge in [0.1, 0.15) is 4.38 Å². The quantitative estimate of drug-likeness (QED) is 0.819. The number of carbonyl (C=O) groups excluding carboxylic acids is 1. The zero-order valence-electron chi connectivity index (χ0n) is 11.5. The highest BCUT2D eigenvalue weighted by molar-refractivity contribution is 8.39. The SMILES string of the molecule is O=C1[C@@H](SC2=NCCS2)CCN1c1ccc(C(F)(F)F)cc1. The van der Waals surface area contributed by atoms with Crippen LogP contribution in [0.5, 0.6) is 0 Å². The van der Waals surface area contributed by atoms with Crippen molar-refractivity contribution in [1.29, 1.82) is 0 Å². The van der Waals surface area contributed by atoms with E-state index in [1.54, 1.807) is 16.7 Å². The summed E-state index contributed by atoms with van der Waals surface area (Å²) in [5.41, 5.74) is -0.187. The Balaban J connectivity index is 1.69. The Kier molecular flexibility index (Phi) is 4.40. The lowest BCUT2D eigenvalue weighted by Gasteiger charge is -2.17. The number of thioether (sulfide) groups is 2. The number of rotatable bonds is 2. The molecule has 0 unspecified atom stereocenters. The summed E-state index contributed by atoms with van der Waals surface area (Å²) in [6.07, 6.45) is -3.67. The van der Waals surface area contributed by atoms with Crippen LogP contribution in [0.25, 0.3) is 0 Å². The number of hydrogen-bond acceptors (Lipinski definition) is 4. The summed E-state index contributed by atoms with van der Waals surface area (Å²) in [4.78, 5) is 18.3. The van der Waals surface area contributed by atoms with E-state index in [-0.39, 0.29) is 11.2 Å². The normalized spacial score (nSPS) is 22.3. The minimum Gasteiger partial charge on any atom is -0.311 e. The lowest BCUT2D eigenvalue weighted by molar-refractivity contribution is -0.137. The van der Waals surface area contributed by atoms with E-state index in [1.165, 1.54) is 23.9 Å².